The Kier molecular flexibility index (Phi) is 4.32. The van der Waals surface area contributed by atoms with Crippen LogP contribution in [0.4, 0.5) is 5.95 Å². The fourth-order valence-electron chi connectivity index (χ4n) is 3.60. The molecule has 1 amide bonds. The van der Waals surface area contributed by atoms with Crippen LogP contribution in [0.15, 0.2) is 36.7 Å². The molecule has 0 atom stereocenters. The van der Waals surface area contributed by atoms with Gasteiger partial charge in [0, 0.05) is 25.8 Å². The first-order valence-electron chi connectivity index (χ1n) is 9.46. The van der Waals surface area contributed by atoms with E-state index in [0.29, 0.717) is 37.9 Å². The van der Waals surface area contributed by atoms with Gasteiger partial charge in [-0.05, 0) is 24.1 Å². The number of anilines is 1. The zero-order valence-corrected chi connectivity index (χ0v) is 15.4. The van der Waals surface area contributed by atoms with Crippen LogP contribution in [0.3, 0.4) is 0 Å². The lowest BCUT2D eigenvalue weighted by atomic mass is 10.1. The van der Waals surface area contributed by atoms with Gasteiger partial charge in [-0.15, -0.1) is 0 Å². The molecule has 1 fully saturated rings. The van der Waals surface area contributed by atoms with Gasteiger partial charge in [0.15, 0.2) is 0 Å². The molecule has 3 aromatic rings. The second kappa shape index (κ2) is 7.12. The minimum atomic E-state index is -0.115. The summed E-state index contributed by atoms with van der Waals surface area (Å²) in [7, 11) is 0. The van der Waals surface area contributed by atoms with E-state index in [9.17, 15) is 4.79 Å². The van der Waals surface area contributed by atoms with Crippen molar-refractivity contribution in [2.24, 2.45) is 0 Å². The van der Waals surface area contributed by atoms with E-state index < -0.39 is 0 Å². The first-order chi connectivity index (χ1) is 13.8. The Hall–Kier alpha value is -3.13. The average Bonchev–Trinajstić information content (AvgIpc) is 2.78. The lowest BCUT2D eigenvalue weighted by Gasteiger charge is -2.30. The average molecular weight is 376 g/mol. The maximum absolute atomic E-state index is 13.0. The van der Waals surface area contributed by atoms with E-state index in [0.717, 1.165) is 41.8 Å². The van der Waals surface area contributed by atoms with E-state index >= 15 is 0 Å². The number of carbonyl (C=O) groups is 1. The first-order valence-corrected chi connectivity index (χ1v) is 9.46. The zero-order chi connectivity index (χ0) is 18.9. The molecule has 2 aliphatic heterocycles. The SMILES string of the molecule is O=C(c1cnc2ccccc2n1)N1CCc2cnc(N3CCOCC3)nc2C1. The summed E-state index contributed by atoms with van der Waals surface area (Å²) in [5, 5.41) is 0. The smallest absolute Gasteiger partial charge is 0.274 e. The van der Waals surface area contributed by atoms with Crippen LogP contribution in [-0.4, -0.2) is 63.6 Å². The Morgan fingerprint density at radius 3 is 2.64 bits per heavy atom. The molecule has 142 valence electrons. The lowest BCUT2D eigenvalue weighted by Crippen LogP contribution is -2.39. The van der Waals surface area contributed by atoms with Crippen molar-refractivity contribution in [3.63, 3.8) is 0 Å². The monoisotopic (exact) mass is 376 g/mol. The molecule has 8 heteroatoms. The number of aromatic nitrogens is 4. The summed E-state index contributed by atoms with van der Waals surface area (Å²) in [6.45, 7) is 4.03. The Labute approximate surface area is 162 Å². The summed E-state index contributed by atoms with van der Waals surface area (Å²) < 4.78 is 5.40. The van der Waals surface area contributed by atoms with Gasteiger partial charge in [0.25, 0.3) is 5.91 Å². The van der Waals surface area contributed by atoms with Crippen LogP contribution in [0, 0.1) is 0 Å². The number of carbonyl (C=O) groups excluding carboxylic acids is 1. The van der Waals surface area contributed by atoms with Gasteiger partial charge in [-0.1, -0.05) is 12.1 Å². The highest BCUT2D eigenvalue weighted by Crippen LogP contribution is 2.21. The molecule has 8 nitrogen and oxygen atoms in total. The van der Waals surface area contributed by atoms with Crippen molar-refractivity contribution in [1.82, 2.24) is 24.8 Å². The molecule has 0 bridgehead atoms. The third-order valence-electron chi connectivity index (χ3n) is 5.18. The third kappa shape index (κ3) is 3.16. The molecule has 4 heterocycles. The largest absolute Gasteiger partial charge is 0.378 e. The van der Waals surface area contributed by atoms with Gasteiger partial charge in [0.05, 0.1) is 42.7 Å². The van der Waals surface area contributed by atoms with Crippen molar-refractivity contribution >= 4 is 22.9 Å². The highest BCUT2D eigenvalue weighted by atomic mass is 16.5. The van der Waals surface area contributed by atoms with Crippen LogP contribution in [0.1, 0.15) is 21.7 Å². The van der Waals surface area contributed by atoms with E-state index in [-0.39, 0.29) is 5.91 Å². The number of amides is 1. The van der Waals surface area contributed by atoms with Crippen LogP contribution in [0.5, 0.6) is 0 Å². The third-order valence-corrected chi connectivity index (χ3v) is 5.18. The van der Waals surface area contributed by atoms with E-state index in [1.54, 1.807) is 11.1 Å². The minimum absolute atomic E-state index is 0.115. The molecule has 0 spiro atoms. The standard InChI is InChI=1S/C20H20N6O2/c27-19(17-12-21-15-3-1-2-4-16(15)23-17)26-6-5-14-11-22-20(24-18(14)13-26)25-7-9-28-10-8-25/h1-4,11-12H,5-10,13H2. The topological polar surface area (TPSA) is 84.3 Å². The molecule has 0 saturated carbocycles. The number of para-hydroxylation sites is 2. The summed E-state index contributed by atoms with van der Waals surface area (Å²) in [5.74, 6) is 0.595. The highest BCUT2D eigenvalue weighted by molar-refractivity contribution is 5.93. The van der Waals surface area contributed by atoms with Crippen LogP contribution in [0.25, 0.3) is 11.0 Å². The summed E-state index contributed by atoms with van der Waals surface area (Å²) in [6, 6.07) is 7.56. The summed E-state index contributed by atoms with van der Waals surface area (Å²) in [4.78, 5) is 35.0. The van der Waals surface area contributed by atoms with Gasteiger partial charge >= 0.3 is 0 Å². The van der Waals surface area contributed by atoms with Crippen molar-refractivity contribution in [3.05, 3.63) is 53.6 Å². The molecule has 2 aromatic heterocycles. The summed E-state index contributed by atoms with van der Waals surface area (Å²) in [6.07, 6.45) is 4.19. The maximum atomic E-state index is 13.0. The van der Waals surface area contributed by atoms with Gasteiger partial charge < -0.3 is 14.5 Å². The number of rotatable bonds is 2. The predicted molar refractivity (Wildman–Crippen MR) is 103 cm³/mol. The van der Waals surface area contributed by atoms with Crippen LogP contribution >= 0.6 is 0 Å². The Balaban J connectivity index is 1.38. The fourth-order valence-corrected chi connectivity index (χ4v) is 3.60. The molecular formula is C20H20N6O2. The number of hydrogen-bond acceptors (Lipinski definition) is 7. The number of morpholine rings is 1. The molecular weight excluding hydrogens is 356 g/mol. The van der Waals surface area contributed by atoms with Crippen LogP contribution in [-0.2, 0) is 17.7 Å². The molecule has 0 radical (unpaired) electrons. The summed E-state index contributed by atoms with van der Waals surface area (Å²) in [5.41, 5.74) is 3.88. The van der Waals surface area contributed by atoms with Crippen molar-refractivity contribution in [1.29, 1.82) is 0 Å². The molecule has 1 saturated heterocycles. The number of ether oxygens (including phenoxy) is 1. The lowest BCUT2D eigenvalue weighted by molar-refractivity contribution is 0.0725. The molecule has 5 rings (SSSR count). The van der Waals surface area contributed by atoms with Crippen LogP contribution in [0.2, 0.25) is 0 Å². The molecule has 0 N–H and O–H groups in total. The van der Waals surface area contributed by atoms with Crippen molar-refractivity contribution < 1.29 is 9.53 Å². The fraction of sp³-hybridized carbons (Fsp3) is 0.350. The number of hydrogen-bond donors (Lipinski definition) is 0. The van der Waals surface area contributed by atoms with Gasteiger partial charge in [0.2, 0.25) is 5.95 Å². The normalized spacial score (nSPS) is 16.9. The van der Waals surface area contributed by atoms with Gasteiger partial charge in [-0.3, -0.25) is 9.78 Å². The highest BCUT2D eigenvalue weighted by Gasteiger charge is 2.25. The van der Waals surface area contributed by atoms with Gasteiger partial charge in [-0.25, -0.2) is 15.0 Å². The number of fused-ring (bicyclic) bond motifs is 2. The maximum Gasteiger partial charge on any atom is 0.274 e. The Bertz CT molecular complexity index is 1030. The van der Waals surface area contributed by atoms with E-state index in [1.807, 2.05) is 30.5 Å². The molecule has 0 aliphatic carbocycles. The minimum Gasteiger partial charge on any atom is -0.378 e. The van der Waals surface area contributed by atoms with E-state index in [4.69, 9.17) is 9.72 Å². The summed E-state index contributed by atoms with van der Waals surface area (Å²) >= 11 is 0. The zero-order valence-electron chi connectivity index (χ0n) is 15.4. The second-order valence-corrected chi connectivity index (χ2v) is 6.96. The molecule has 1 aromatic carbocycles. The predicted octanol–water partition coefficient (Wildman–Crippen LogP) is 1.45. The van der Waals surface area contributed by atoms with Gasteiger partial charge in [-0.2, -0.15) is 0 Å². The first kappa shape index (κ1) is 17.0. The second-order valence-electron chi connectivity index (χ2n) is 6.96. The number of benzene rings is 1. The quantitative estimate of drug-likeness (QED) is 0.669. The van der Waals surface area contributed by atoms with Crippen LogP contribution < -0.4 is 4.90 Å². The van der Waals surface area contributed by atoms with Crippen molar-refractivity contribution in [2.75, 3.05) is 37.7 Å². The Morgan fingerprint density at radius 2 is 1.79 bits per heavy atom. The molecule has 2 aliphatic rings. The van der Waals surface area contributed by atoms with Crippen molar-refractivity contribution in [2.45, 2.75) is 13.0 Å². The Morgan fingerprint density at radius 1 is 0.964 bits per heavy atom. The van der Waals surface area contributed by atoms with Crippen molar-refractivity contribution in [3.8, 4) is 0 Å². The van der Waals surface area contributed by atoms with Gasteiger partial charge in [0.1, 0.15) is 5.69 Å². The van der Waals surface area contributed by atoms with E-state index in [2.05, 4.69) is 19.9 Å². The number of nitrogens with zero attached hydrogens (tertiary/aromatic N) is 6. The molecule has 28 heavy (non-hydrogen) atoms. The molecule has 0 unspecified atom stereocenters. The van der Waals surface area contributed by atoms with E-state index in [1.165, 1.54) is 0 Å².